The van der Waals surface area contributed by atoms with E-state index in [2.05, 4.69) is 0 Å². The van der Waals surface area contributed by atoms with Crippen LogP contribution in [0.4, 0.5) is 0 Å². The lowest BCUT2D eigenvalue weighted by atomic mass is 10.1. The largest absolute Gasteiger partial charge is 0.392 e. The molecule has 0 radical (unpaired) electrons. The maximum Gasteiger partial charge on any atom is 0.144 e. The first-order valence-corrected chi connectivity index (χ1v) is 5.28. The van der Waals surface area contributed by atoms with E-state index in [9.17, 15) is 8.42 Å². The first-order chi connectivity index (χ1) is 6.67. The number of hydrogen-bond acceptors (Lipinski definition) is 4. The molecule has 5 heteroatoms. The summed E-state index contributed by atoms with van der Waals surface area (Å²) in [4.78, 5) is 0. The van der Waals surface area contributed by atoms with Gasteiger partial charge in [-0.25, -0.2) is 8.42 Å². The Labute approximate surface area is 83.4 Å². The molecule has 1 aromatic rings. The highest BCUT2D eigenvalue weighted by molar-refractivity contribution is 7.71. The number of benzene rings is 1. The van der Waals surface area contributed by atoms with Gasteiger partial charge in [-0.05, 0) is 17.2 Å². The summed E-state index contributed by atoms with van der Waals surface area (Å²) in [5.74, 6) is -0.135. The van der Waals surface area contributed by atoms with Gasteiger partial charge in [0.15, 0.2) is 0 Å². The highest BCUT2D eigenvalue weighted by Crippen LogP contribution is 2.12. The smallest absolute Gasteiger partial charge is 0.144 e. The monoisotopic (exact) mass is 211 g/mol. The van der Waals surface area contributed by atoms with Crippen molar-refractivity contribution in [3.63, 3.8) is 0 Å². The molecule has 0 spiro atoms. The van der Waals surface area contributed by atoms with Crippen molar-refractivity contribution in [2.75, 3.05) is 0 Å². The van der Waals surface area contributed by atoms with Gasteiger partial charge in [-0.3, -0.25) is 0 Å². The summed E-state index contributed by atoms with van der Waals surface area (Å²) in [6.07, 6.45) is 0. The molecule has 0 aliphatic rings. The van der Waals surface area contributed by atoms with Crippen LogP contribution >= 0.6 is 0 Å². The molecule has 0 fully saturated rings. The molecule has 0 unspecified atom stereocenters. The zero-order valence-electron chi connectivity index (χ0n) is 7.30. The molecular formula is C9H9NO3S. The highest BCUT2D eigenvalue weighted by Gasteiger charge is 2.03. The Bertz CT molecular complexity index is 438. The van der Waals surface area contributed by atoms with Crippen LogP contribution in [0, 0.1) is 11.3 Å². The van der Waals surface area contributed by atoms with E-state index in [1.807, 2.05) is 6.07 Å². The van der Waals surface area contributed by atoms with Gasteiger partial charge >= 0.3 is 0 Å². The van der Waals surface area contributed by atoms with Gasteiger partial charge in [0, 0.05) is 0 Å². The molecule has 0 saturated heterocycles. The fourth-order valence-corrected chi connectivity index (χ4v) is 1.66. The van der Waals surface area contributed by atoms with E-state index in [1.54, 1.807) is 12.1 Å². The van der Waals surface area contributed by atoms with E-state index in [-0.39, 0.29) is 12.4 Å². The molecule has 4 nitrogen and oxygen atoms in total. The van der Waals surface area contributed by atoms with Crippen LogP contribution < -0.4 is 0 Å². The lowest BCUT2D eigenvalue weighted by Crippen LogP contribution is -1.94. The number of nitriles is 1. The predicted molar refractivity (Wildman–Crippen MR) is 51.1 cm³/mol. The highest BCUT2D eigenvalue weighted by atomic mass is 32.2. The first-order valence-electron chi connectivity index (χ1n) is 3.92. The fraction of sp³-hybridized carbons (Fsp3) is 0.222. The second-order valence-electron chi connectivity index (χ2n) is 2.75. The van der Waals surface area contributed by atoms with Crippen molar-refractivity contribution in [1.29, 1.82) is 5.26 Å². The van der Waals surface area contributed by atoms with Crippen LogP contribution in [0.2, 0.25) is 0 Å². The third kappa shape index (κ3) is 2.55. The average Bonchev–Trinajstić information content (AvgIpc) is 2.17. The summed E-state index contributed by atoms with van der Waals surface area (Å²) in [5.41, 5.74) is 1.38. The van der Waals surface area contributed by atoms with Gasteiger partial charge in [0.2, 0.25) is 0 Å². The normalized spacial score (nSPS) is 10.1. The zero-order chi connectivity index (χ0) is 10.6. The van der Waals surface area contributed by atoms with Gasteiger partial charge in [-0.2, -0.15) is 5.26 Å². The van der Waals surface area contributed by atoms with Crippen LogP contribution in [0.15, 0.2) is 18.2 Å². The Morgan fingerprint density at radius 3 is 2.64 bits per heavy atom. The summed E-state index contributed by atoms with van der Waals surface area (Å²) in [6, 6.07) is 6.55. The number of nitrogens with zero attached hydrogens (tertiary/aromatic N) is 1. The predicted octanol–water partition coefficient (Wildman–Crippen LogP) is 0.162. The molecule has 0 heterocycles. The molecule has 0 aliphatic carbocycles. The Hall–Kier alpha value is -1.38. The average molecular weight is 211 g/mol. The van der Waals surface area contributed by atoms with E-state index in [0.717, 1.165) is 0 Å². The van der Waals surface area contributed by atoms with Crippen molar-refractivity contribution in [2.45, 2.75) is 12.4 Å². The minimum atomic E-state index is -2.53. The first kappa shape index (κ1) is 10.7. The quantitative estimate of drug-likeness (QED) is 0.698. The third-order valence-corrected chi connectivity index (χ3v) is 2.38. The summed E-state index contributed by atoms with van der Waals surface area (Å²) < 4.78 is 20.9. The Morgan fingerprint density at radius 2 is 2.14 bits per heavy atom. The molecule has 1 aromatic carbocycles. The molecule has 1 rings (SSSR count). The molecule has 0 aromatic heterocycles. The van der Waals surface area contributed by atoms with E-state index in [1.165, 1.54) is 6.07 Å². The maximum atomic E-state index is 10.5. The summed E-state index contributed by atoms with van der Waals surface area (Å²) in [7, 11) is -2.53. The van der Waals surface area contributed by atoms with Gasteiger partial charge in [0.25, 0.3) is 0 Å². The summed E-state index contributed by atoms with van der Waals surface area (Å²) in [6.45, 7) is -0.154. The van der Waals surface area contributed by atoms with E-state index >= 15 is 0 Å². The van der Waals surface area contributed by atoms with Gasteiger partial charge < -0.3 is 5.11 Å². The summed E-state index contributed by atoms with van der Waals surface area (Å²) >= 11 is 0. The fourth-order valence-electron chi connectivity index (χ4n) is 1.10. The van der Waals surface area contributed by atoms with Gasteiger partial charge in [0.1, 0.15) is 10.7 Å². The molecule has 14 heavy (non-hydrogen) atoms. The topological polar surface area (TPSA) is 78.2 Å². The lowest BCUT2D eigenvalue weighted by Gasteiger charge is -2.01. The standard InChI is InChI=1S/C9H9NO3S/c10-4-9-3-7(5-11)1-2-8(9)6-14(12)13/h1-3,11,14H,5-6H2. The second kappa shape index (κ2) is 4.74. The lowest BCUT2D eigenvalue weighted by molar-refractivity contribution is 0.282. The van der Waals surface area contributed by atoms with Crippen LogP contribution in [0.1, 0.15) is 16.7 Å². The molecular weight excluding hydrogens is 202 g/mol. The summed E-state index contributed by atoms with van der Waals surface area (Å²) in [5, 5.41) is 17.5. The minimum absolute atomic E-state index is 0.135. The van der Waals surface area contributed by atoms with Crippen LogP contribution in [0.25, 0.3) is 0 Å². The van der Waals surface area contributed by atoms with E-state index in [0.29, 0.717) is 16.7 Å². The van der Waals surface area contributed by atoms with Crippen molar-refractivity contribution in [2.24, 2.45) is 0 Å². The van der Waals surface area contributed by atoms with Crippen LogP contribution in [-0.2, 0) is 23.1 Å². The van der Waals surface area contributed by atoms with E-state index in [4.69, 9.17) is 10.4 Å². The number of hydrogen-bond donors (Lipinski definition) is 2. The molecule has 0 saturated carbocycles. The van der Waals surface area contributed by atoms with Crippen molar-refractivity contribution in [3.8, 4) is 6.07 Å². The van der Waals surface area contributed by atoms with Crippen molar-refractivity contribution >= 4 is 10.7 Å². The molecule has 0 amide bonds. The maximum absolute atomic E-state index is 10.5. The number of thiol groups is 1. The van der Waals surface area contributed by atoms with E-state index < -0.39 is 10.7 Å². The second-order valence-corrected chi connectivity index (χ2v) is 3.73. The zero-order valence-corrected chi connectivity index (χ0v) is 8.20. The molecule has 0 atom stereocenters. The van der Waals surface area contributed by atoms with Crippen LogP contribution in [0.5, 0.6) is 0 Å². The minimum Gasteiger partial charge on any atom is -0.392 e. The number of rotatable bonds is 3. The van der Waals surface area contributed by atoms with Crippen LogP contribution in [-0.4, -0.2) is 13.5 Å². The van der Waals surface area contributed by atoms with Crippen molar-refractivity contribution < 1.29 is 13.5 Å². The Morgan fingerprint density at radius 1 is 1.43 bits per heavy atom. The number of aliphatic hydroxyl groups excluding tert-OH is 1. The SMILES string of the molecule is N#Cc1cc(CO)ccc1C[SH](=O)=O. The Balaban J connectivity index is 3.13. The molecule has 0 aliphatic heterocycles. The van der Waals surface area contributed by atoms with Gasteiger partial charge in [-0.1, -0.05) is 12.1 Å². The Kier molecular flexibility index (Phi) is 3.63. The van der Waals surface area contributed by atoms with Gasteiger partial charge in [0.05, 0.1) is 24.0 Å². The van der Waals surface area contributed by atoms with Crippen molar-refractivity contribution in [1.82, 2.24) is 0 Å². The molecule has 0 bridgehead atoms. The third-order valence-electron chi connectivity index (χ3n) is 1.78. The molecule has 74 valence electrons. The van der Waals surface area contributed by atoms with Crippen molar-refractivity contribution in [3.05, 3.63) is 34.9 Å². The van der Waals surface area contributed by atoms with Gasteiger partial charge in [-0.15, -0.1) is 0 Å². The van der Waals surface area contributed by atoms with Crippen LogP contribution in [0.3, 0.4) is 0 Å². The number of aliphatic hydroxyl groups is 1. The molecule has 1 N–H and O–H groups in total.